The lowest BCUT2D eigenvalue weighted by Gasteiger charge is -2.08. The highest BCUT2D eigenvalue weighted by atomic mass is 19.1. The van der Waals surface area contributed by atoms with Gasteiger partial charge in [0.15, 0.2) is 11.6 Å². The molecule has 0 unspecified atom stereocenters. The summed E-state index contributed by atoms with van der Waals surface area (Å²) in [5.41, 5.74) is 14.0. The Kier molecular flexibility index (Phi) is 9.62. The summed E-state index contributed by atoms with van der Waals surface area (Å²) >= 11 is 0. The van der Waals surface area contributed by atoms with Crippen molar-refractivity contribution < 1.29 is 28.2 Å². The molecule has 0 amide bonds. The summed E-state index contributed by atoms with van der Waals surface area (Å²) in [4.78, 5) is 24.3. The second-order valence-corrected chi connectivity index (χ2v) is 7.92. The van der Waals surface area contributed by atoms with Crippen molar-refractivity contribution in [2.24, 2.45) is 0 Å². The van der Waals surface area contributed by atoms with Crippen LogP contribution in [0.2, 0.25) is 0 Å². The van der Waals surface area contributed by atoms with Crippen molar-refractivity contribution in [2.45, 2.75) is 19.3 Å². The summed E-state index contributed by atoms with van der Waals surface area (Å²) in [5.74, 6) is -1.79. The lowest BCUT2D eigenvalue weighted by Crippen LogP contribution is -2.09. The summed E-state index contributed by atoms with van der Waals surface area (Å²) in [7, 11) is 0. The highest BCUT2D eigenvalue weighted by molar-refractivity contribution is 5.91. The van der Waals surface area contributed by atoms with Gasteiger partial charge >= 0.3 is 11.9 Å². The van der Waals surface area contributed by atoms with Gasteiger partial charge in [0.2, 0.25) is 0 Å². The predicted molar refractivity (Wildman–Crippen MR) is 137 cm³/mol. The normalized spacial score (nSPS) is 10.6. The number of hydrogen-bond donors (Lipinski definition) is 2. The standard InChI is InChI=1S/C28H26FN3O5/c29-24-17-19(4-12-27(33)36-16-13-20-5-8-22(31)18-25(20)32)3-11-26(24)37-28(34)21-6-9-23(10-7-21)35-15-2-1-14-30/h3-12,17-18H,1-2,13,15-16,31-32H2. The van der Waals surface area contributed by atoms with E-state index in [4.69, 9.17) is 30.9 Å². The number of esters is 2. The van der Waals surface area contributed by atoms with Gasteiger partial charge in [-0.15, -0.1) is 0 Å². The van der Waals surface area contributed by atoms with Gasteiger partial charge in [0.1, 0.15) is 5.75 Å². The molecule has 9 heteroatoms. The minimum absolute atomic E-state index is 0.120. The number of nitriles is 1. The number of rotatable bonds is 11. The molecule has 0 fully saturated rings. The number of unbranched alkanes of at least 4 members (excludes halogenated alkanes) is 1. The van der Waals surface area contributed by atoms with E-state index in [-0.39, 0.29) is 17.9 Å². The van der Waals surface area contributed by atoms with Gasteiger partial charge in [0.05, 0.1) is 24.8 Å². The van der Waals surface area contributed by atoms with E-state index in [9.17, 15) is 14.0 Å². The fourth-order valence-electron chi connectivity index (χ4n) is 3.21. The zero-order chi connectivity index (χ0) is 26.6. The Morgan fingerprint density at radius 1 is 1.00 bits per heavy atom. The number of benzene rings is 3. The maximum absolute atomic E-state index is 14.5. The Bertz CT molecular complexity index is 1320. The summed E-state index contributed by atoms with van der Waals surface area (Å²) in [6.07, 6.45) is 4.00. The van der Waals surface area contributed by atoms with E-state index in [1.54, 1.807) is 30.3 Å². The Morgan fingerprint density at radius 2 is 1.78 bits per heavy atom. The SMILES string of the molecule is N#CCCCOc1ccc(C(=O)Oc2ccc(C=CC(=O)OCCc3ccc(N)cc3N)cc2F)cc1. The van der Waals surface area contributed by atoms with E-state index in [2.05, 4.69) is 0 Å². The number of carbonyl (C=O) groups is 2. The molecule has 0 bridgehead atoms. The summed E-state index contributed by atoms with van der Waals surface area (Å²) in [5, 5.41) is 8.53. The molecule has 0 spiro atoms. The van der Waals surface area contributed by atoms with Crippen molar-refractivity contribution in [1.29, 1.82) is 5.26 Å². The molecule has 3 aromatic carbocycles. The molecule has 0 aliphatic heterocycles. The van der Waals surface area contributed by atoms with Crippen molar-refractivity contribution >= 4 is 29.4 Å². The predicted octanol–water partition coefficient (Wildman–Crippen LogP) is 4.69. The maximum Gasteiger partial charge on any atom is 0.343 e. The van der Waals surface area contributed by atoms with E-state index in [0.29, 0.717) is 48.6 Å². The molecule has 3 aromatic rings. The van der Waals surface area contributed by atoms with Gasteiger partial charge in [0, 0.05) is 30.3 Å². The molecule has 190 valence electrons. The molecule has 37 heavy (non-hydrogen) atoms. The van der Waals surface area contributed by atoms with Crippen molar-refractivity contribution in [3.05, 3.63) is 89.2 Å². The summed E-state index contributed by atoms with van der Waals surface area (Å²) in [6, 6.07) is 17.3. The molecule has 4 N–H and O–H groups in total. The third-order valence-electron chi connectivity index (χ3n) is 5.15. The van der Waals surface area contributed by atoms with E-state index in [1.165, 1.54) is 36.4 Å². The maximum atomic E-state index is 14.5. The van der Waals surface area contributed by atoms with E-state index < -0.39 is 17.8 Å². The highest BCUT2D eigenvalue weighted by Gasteiger charge is 2.13. The summed E-state index contributed by atoms with van der Waals surface area (Å²) < 4.78 is 30.3. The first-order valence-corrected chi connectivity index (χ1v) is 11.5. The number of ether oxygens (including phenoxy) is 3. The second-order valence-electron chi connectivity index (χ2n) is 7.92. The highest BCUT2D eigenvalue weighted by Crippen LogP contribution is 2.22. The summed E-state index contributed by atoms with van der Waals surface area (Å²) in [6.45, 7) is 0.509. The first-order chi connectivity index (χ1) is 17.9. The quantitative estimate of drug-likeness (QED) is 0.126. The van der Waals surface area contributed by atoms with Crippen LogP contribution < -0.4 is 20.9 Å². The molecule has 0 radical (unpaired) electrons. The number of anilines is 2. The van der Waals surface area contributed by atoms with Crippen LogP contribution in [0.3, 0.4) is 0 Å². The Morgan fingerprint density at radius 3 is 2.49 bits per heavy atom. The van der Waals surface area contributed by atoms with Gasteiger partial charge in [0.25, 0.3) is 0 Å². The van der Waals surface area contributed by atoms with Crippen molar-refractivity contribution in [3.63, 3.8) is 0 Å². The van der Waals surface area contributed by atoms with Crippen LogP contribution in [0.4, 0.5) is 15.8 Å². The van der Waals surface area contributed by atoms with E-state index in [0.717, 1.165) is 11.6 Å². The largest absolute Gasteiger partial charge is 0.494 e. The lowest BCUT2D eigenvalue weighted by atomic mass is 10.1. The van der Waals surface area contributed by atoms with Gasteiger partial charge in [-0.1, -0.05) is 12.1 Å². The first-order valence-electron chi connectivity index (χ1n) is 11.5. The molecule has 0 aromatic heterocycles. The number of carbonyl (C=O) groups excluding carboxylic acids is 2. The topological polar surface area (TPSA) is 138 Å². The van der Waals surface area contributed by atoms with Crippen LogP contribution in [0.5, 0.6) is 11.5 Å². The third-order valence-corrected chi connectivity index (χ3v) is 5.15. The van der Waals surface area contributed by atoms with Gasteiger partial charge in [-0.2, -0.15) is 5.26 Å². The Labute approximate surface area is 213 Å². The number of nitrogen functional groups attached to an aromatic ring is 2. The molecule has 8 nitrogen and oxygen atoms in total. The van der Waals surface area contributed by atoms with Crippen LogP contribution in [-0.2, 0) is 16.0 Å². The van der Waals surface area contributed by atoms with E-state index in [1.807, 2.05) is 6.07 Å². The molecule has 3 rings (SSSR count). The Balaban J connectivity index is 1.49. The minimum atomic E-state index is -0.764. The van der Waals surface area contributed by atoms with Crippen LogP contribution >= 0.6 is 0 Å². The van der Waals surface area contributed by atoms with Gasteiger partial charge in [-0.3, -0.25) is 0 Å². The minimum Gasteiger partial charge on any atom is -0.494 e. The number of nitrogens with zero attached hydrogens (tertiary/aromatic N) is 1. The first kappa shape index (κ1) is 26.8. The average Bonchev–Trinajstić information content (AvgIpc) is 2.88. The molecule has 0 atom stereocenters. The van der Waals surface area contributed by atoms with E-state index >= 15 is 0 Å². The third kappa shape index (κ3) is 8.40. The van der Waals surface area contributed by atoms with Crippen LogP contribution in [0.1, 0.15) is 34.3 Å². The molecule has 0 saturated heterocycles. The molecule has 0 saturated carbocycles. The fourth-order valence-corrected chi connectivity index (χ4v) is 3.21. The molecular weight excluding hydrogens is 477 g/mol. The van der Waals surface area contributed by atoms with Crippen molar-refractivity contribution in [2.75, 3.05) is 24.7 Å². The van der Waals surface area contributed by atoms with Crippen molar-refractivity contribution in [3.8, 4) is 17.6 Å². The fraction of sp³-hybridized carbons (Fsp3) is 0.179. The van der Waals surface area contributed by atoms with Gasteiger partial charge in [-0.25, -0.2) is 14.0 Å². The second kappa shape index (κ2) is 13.3. The average molecular weight is 504 g/mol. The van der Waals surface area contributed by atoms with Crippen LogP contribution in [0, 0.1) is 17.1 Å². The van der Waals surface area contributed by atoms with Crippen LogP contribution in [0.25, 0.3) is 6.08 Å². The lowest BCUT2D eigenvalue weighted by molar-refractivity contribution is -0.137. The number of halogens is 1. The van der Waals surface area contributed by atoms with Gasteiger partial charge in [-0.05, 0) is 72.2 Å². The number of nitrogens with two attached hydrogens (primary N) is 2. The van der Waals surface area contributed by atoms with Crippen LogP contribution in [0.15, 0.2) is 66.7 Å². The van der Waals surface area contributed by atoms with Crippen LogP contribution in [-0.4, -0.2) is 25.2 Å². The molecule has 0 aliphatic rings. The zero-order valence-corrected chi connectivity index (χ0v) is 20.0. The molecule has 0 heterocycles. The number of hydrogen-bond acceptors (Lipinski definition) is 8. The van der Waals surface area contributed by atoms with Gasteiger partial charge < -0.3 is 25.7 Å². The molecular formula is C28H26FN3O5. The van der Waals surface area contributed by atoms with Crippen molar-refractivity contribution in [1.82, 2.24) is 0 Å². The monoisotopic (exact) mass is 503 g/mol. The zero-order valence-electron chi connectivity index (χ0n) is 20.0. The Hall–Kier alpha value is -4.84. The smallest absolute Gasteiger partial charge is 0.343 e. The molecule has 0 aliphatic carbocycles.